The number of methoxy groups -OCH3 is 2. The summed E-state index contributed by atoms with van der Waals surface area (Å²) in [5, 5.41) is 0.361. The number of nitrogens with zero attached hydrogens (tertiary/aromatic N) is 1. The molecule has 3 aromatic rings. The van der Waals surface area contributed by atoms with Crippen molar-refractivity contribution in [3.05, 3.63) is 53.8 Å². The molecule has 0 aliphatic heterocycles. The summed E-state index contributed by atoms with van der Waals surface area (Å²) in [6.45, 7) is 7.24. The number of sulfonamides is 1. The first kappa shape index (κ1) is 31.3. The van der Waals surface area contributed by atoms with Gasteiger partial charge in [0.15, 0.2) is 22.8 Å². The van der Waals surface area contributed by atoms with E-state index in [1.165, 1.54) is 12.1 Å². The minimum Gasteiger partial charge on any atom is -0.493 e. The van der Waals surface area contributed by atoms with Crippen LogP contribution in [0, 0.1) is 0 Å². The van der Waals surface area contributed by atoms with Crippen LogP contribution in [0.2, 0.25) is 0 Å². The minimum absolute atomic E-state index is 0.0531. The molecule has 2 aromatic carbocycles. The van der Waals surface area contributed by atoms with Gasteiger partial charge in [0.05, 0.1) is 25.7 Å². The Morgan fingerprint density at radius 3 is 2.40 bits per heavy atom. The summed E-state index contributed by atoms with van der Waals surface area (Å²) >= 11 is 5.79. The molecule has 1 heterocycles. The van der Waals surface area contributed by atoms with Crippen molar-refractivity contribution >= 4 is 44.1 Å². The summed E-state index contributed by atoms with van der Waals surface area (Å²) < 4.78 is 52.1. The van der Waals surface area contributed by atoms with Crippen molar-refractivity contribution in [3.8, 4) is 17.2 Å². The zero-order valence-electron chi connectivity index (χ0n) is 23.6. The molecule has 0 saturated heterocycles. The summed E-state index contributed by atoms with van der Waals surface area (Å²) in [6, 6.07) is 10.2. The van der Waals surface area contributed by atoms with Crippen LogP contribution >= 0.6 is 11.6 Å². The summed E-state index contributed by atoms with van der Waals surface area (Å²) in [6.07, 6.45) is 2.55. The standard InChI is InChI=1S/C29H37ClN2O7S/c1-6-32(7-2)28(33)17-20(3)25-19-22-27(12-11-24(29(22)39-25)38-16-8-14-30)40(34,35)31-15-13-21-9-10-23(36-4)26(18-21)37-5/h9-12,17-19,31H,6-8,13-16H2,1-5H3/b20-17-. The molecule has 0 unspecified atom stereocenters. The number of hydrogen-bond donors (Lipinski definition) is 1. The van der Waals surface area contributed by atoms with Gasteiger partial charge in [-0.05, 0) is 75.1 Å². The normalized spacial score (nSPS) is 12.0. The molecule has 0 aliphatic carbocycles. The van der Waals surface area contributed by atoms with E-state index in [0.717, 1.165) is 5.56 Å². The zero-order valence-corrected chi connectivity index (χ0v) is 25.2. The topological polar surface area (TPSA) is 107 Å². The van der Waals surface area contributed by atoms with Gasteiger partial charge in [0, 0.05) is 37.0 Å². The van der Waals surface area contributed by atoms with Crippen LogP contribution in [0.3, 0.4) is 0 Å². The van der Waals surface area contributed by atoms with Gasteiger partial charge in [0.25, 0.3) is 0 Å². The molecule has 9 nitrogen and oxygen atoms in total. The number of allylic oxidation sites excluding steroid dienone is 1. The number of nitrogens with one attached hydrogen (secondary N) is 1. The van der Waals surface area contributed by atoms with Crippen LogP contribution in [0.4, 0.5) is 0 Å². The molecule has 3 rings (SSSR count). The third-order valence-electron chi connectivity index (χ3n) is 6.39. The average Bonchev–Trinajstić information content (AvgIpc) is 3.39. The zero-order chi connectivity index (χ0) is 29.3. The number of amides is 1. The van der Waals surface area contributed by atoms with Gasteiger partial charge in [-0.25, -0.2) is 13.1 Å². The molecule has 0 atom stereocenters. The molecule has 0 bridgehead atoms. The molecule has 0 saturated carbocycles. The molecule has 218 valence electrons. The lowest BCUT2D eigenvalue weighted by molar-refractivity contribution is -0.125. The molecular weight excluding hydrogens is 556 g/mol. The highest BCUT2D eigenvalue weighted by atomic mass is 35.5. The fourth-order valence-corrected chi connectivity index (χ4v) is 5.50. The highest BCUT2D eigenvalue weighted by Crippen LogP contribution is 2.36. The lowest BCUT2D eigenvalue weighted by Gasteiger charge is -2.16. The maximum absolute atomic E-state index is 13.4. The Kier molecular flexibility index (Phi) is 11.3. The number of alkyl halides is 1. The summed E-state index contributed by atoms with van der Waals surface area (Å²) in [5.74, 6) is 2.23. The number of carbonyl (C=O) groups excluding carboxylic acids is 1. The van der Waals surface area contributed by atoms with E-state index >= 15 is 0 Å². The SMILES string of the molecule is CCN(CC)C(=O)/C=C(/C)c1cc2c(S(=O)(=O)NCCc3ccc(OC)c(OC)c3)ccc(OCCCCl)c2o1. The number of halogens is 1. The lowest BCUT2D eigenvalue weighted by atomic mass is 10.1. The van der Waals surface area contributed by atoms with Crippen molar-refractivity contribution in [3.63, 3.8) is 0 Å². The number of carbonyl (C=O) groups is 1. The fourth-order valence-electron chi connectivity index (χ4n) is 4.18. The van der Waals surface area contributed by atoms with Gasteiger partial charge in [-0.2, -0.15) is 0 Å². The first-order valence-electron chi connectivity index (χ1n) is 13.1. The molecular formula is C29H37ClN2O7S. The average molecular weight is 593 g/mol. The molecule has 1 aromatic heterocycles. The van der Waals surface area contributed by atoms with Crippen molar-refractivity contribution in [1.82, 2.24) is 9.62 Å². The van der Waals surface area contributed by atoms with E-state index < -0.39 is 10.0 Å². The lowest BCUT2D eigenvalue weighted by Crippen LogP contribution is -2.28. The third-order valence-corrected chi connectivity index (χ3v) is 8.18. The van der Waals surface area contributed by atoms with Crippen LogP contribution < -0.4 is 18.9 Å². The molecule has 1 N–H and O–H groups in total. The van der Waals surface area contributed by atoms with Crippen molar-refractivity contribution in [2.75, 3.05) is 46.3 Å². The van der Waals surface area contributed by atoms with Gasteiger partial charge in [-0.3, -0.25) is 4.79 Å². The predicted molar refractivity (Wildman–Crippen MR) is 157 cm³/mol. The Hall–Kier alpha value is -3.21. The molecule has 0 fully saturated rings. The molecule has 0 spiro atoms. The second-order valence-corrected chi connectivity index (χ2v) is 11.1. The van der Waals surface area contributed by atoms with Crippen LogP contribution in [0.25, 0.3) is 16.5 Å². The smallest absolute Gasteiger partial charge is 0.246 e. The first-order valence-corrected chi connectivity index (χ1v) is 15.1. The number of hydrogen-bond acceptors (Lipinski definition) is 7. The van der Waals surface area contributed by atoms with Gasteiger partial charge >= 0.3 is 0 Å². The van der Waals surface area contributed by atoms with Crippen molar-refractivity contribution in [1.29, 1.82) is 0 Å². The first-order chi connectivity index (χ1) is 19.2. The van der Waals surface area contributed by atoms with Crippen LogP contribution in [0.1, 0.15) is 38.5 Å². The summed E-state index contributed by atoms with van der Waals surface area (Å²) in [5.41, 5.74) is 1.75. The summed E-state index contributed by atoms with van der Waals surface area (Å²) in [7, 11) is -0.814. The second kappa shape index (κ2) is 14.4. The van der Waals surface area contributed by atoms with Gasteiger partial charge in [0.2, 0.25) is 15.9 Å². The fraction of sp³-hybridized carbons (Fsp3) is 0.414. The van der Waals surface area contributed by atoms with Crippen LogP contribution in [-0.2, 0) is 21.2 Å². The highest BCUT2D eigenvalue weighted by Gasteiger charge is 2.23. The monoisotopic (exact) mass is 592 g/mol. The highest BCUT2D eigenvalue weighted by molar-refractivity contribution is 7.89. The number of benzene rings is 2. The van der Waals surface area contributed by atoms with Crippen molar-refractivity contribution < 1.29 is 31.8 Å². The van der Waals surface area contributed by atoms with Crippen LogP contribution in [0.15, 0.2) is 51.8 Å². The number of furan rings is 1. The number of likely N-dealkylation sites (N-methyl/N-ethyl adjacent to an activating group) is 1. The van der Waals surface area contributed by atoms with Gasteiger partial charge < -0.3 is 23.5 Å². The van der Waals surface area contributed by atoms with E-state index in [4.69, 9.17) is 30.2 Å². The molecule has 11 heteroatoms. The Labute approximate surface area is 241 Å². The number of rotatable bonds is 15. The minimum atomic E-state index is -3.92. The Morgan fingerprint density at radius 2 is 1.75 bits per heavy atom. The maximum atomic E-state index is 13.4. The Morgan fingerprint density at radius 1 is 1.05 bits per heavy atom. The third kappa shape index (κ3) is 7.50. The van der Waals surface area contributed by atoms with Crippen LogP contribution in [0.5, 0.6) is 17.2 Å². The van der Waals surface area contributed by atoms with E-state index in [9.17, 15) is 13.2 Å². The Bertz CT molecular complexity index is 1450. The maximum Gasteiger partial charge on any atom is 0.246 e. The molecule has 40 heavy (non-hydrogen) atoms. The van der Waals surface area contributed by atoms with E-state index in [2.05, 4.69) is 4.72 Å². The summed E-state index contributed by atoms with van der Waals surface area (Å²) in [4.78, 5) is 14.4. The number of fused-ring (bicyclic) bond motifs is 1. The van der Waals surface area contributed by atoms with E-state index in [0.29, 0.717) is 72.4 Å². The second-order valence-electron chi connectivity index (χ2n) is 8.98. The quantitative estimate of drug-likeness (QED) is 0.146. The van der Waals surface area contributed by atoms with E-state index in [-0.39, 0.29) is 22.9 Å². The van der Waals surface area contributed by atoms with Gasteiger partial charge in [-0.1, -0.05) is 6.07 Å². The Balaban J connectivity index is 1.92. The molecule has 0 radical (unpaired) electrons. The van der Waals surface area contributed by atoms with Crippen LogP contribution in [-0.4, -0.2) is 65.6 Å². The van der Waals surface area contributed by atoms with E-state index in [1.807, 2.05) is 26.0 Å². The predicted octanol–water partition coefficient (Wildman–Crippen LogP) is 5.25. The number of ether oxygens (including phenoxy) is 3. The van der Waals surface area contributed by atoms with Gasteiger partial charge in [0.1, 0.15) is 5.76 Å². The largest absolute Gasteiger partial charge is 0.493 e. The molecule has 0 aliphatic rings. The molecule has 1 amide bonds. The van der Waals surface area contributed by atoms with E-state index in [1.54, 1.807) is 44.2 Å². The van der Waals surface area contributed by atoms with Gasteiger partial charge in [-0.15, -0.1) is 11.6 Å². The van der Waals surface area contributed by atoms with Crippen molar-refractivity contribution in [2.24, 2.45) is 0 Å². The van der Waals surface area contributed by atoms with Crippen molar-refractivity contribution in [2.45, 2.75) is 38.5 Å².